The number of nitrogens with zero attached hydrogens (tertiary/aromatic N) is 3. The number of para-hydroxylation sites is 1. The molecule has 194 valence electrons. The Bertz CT molecular complexity index is 1160. The zero-order valence-corrected chi connectivity index (χ0v) is 21.3. The van der Waals surface area contributed by atoms with Crippen LogP contribution in [0, 0.1) is 0 Å². The van der Waals surface area contributed by atoms with Crippen LogP contribution in [0.1, 0.15) is 47.8 Å². The molecule has 1 atom stereocenters. The van der Waals surface area contributed by atoms with E-state index in [-0.39, 0.29) is 17.2 Å². The summed E-state index contributed by atoms with van der Waals surface area (Å²) in [5.41, 5.74) is 1.91. The molecular formula is C27H35N3O6. The van der Waals surface area contributed by atoms with Gasteiger partial charge >= 0.3 is 5.97 Å². The standard InChI is InChI=1S/C27H35N3O6/c1-4-36-22-11-6-5-9-19(22)18-28-14-12-20-25(23(34-2)17-24(31)29(20)16-15-28)26(32)30-13-8-7-10-21(30)27(33)35-3/h5-6,9,11,17,21H,4,7-8,10,12-16,18H2,1-3H3. The van der Waals surface area contributed by atoms with E-state index in [9.17, 15) is 14.4 Å². The second-order valence-electron chi connectivity index (χ2n) is 9.12. The number of amides is 1. The average Bonchev–Trinajstić information content (AvgIpc) is 3.12. The lowest BCUT2D eigenvalue weighted by molar-refractivity contribution is -0.147. The van der Waals surface area contributed by atoms with Gasteiger partial charge in [0.25, 0.3) is 11.5 Å². The molecule has 9 heteroatoms. The Morgan fingerprint density at radius 3 is 2.58 bits per heavy atom. The van der Waals surface area contributed by atoms with Crippen molar-refractivity contribution in [3.8, 4) is 11.5 Å². The number of likely N-dealkylation sites (tertiary alicyclic amines) is 1. The van der Waals surface area contributed by atoms with E-state index in [0.29, 0.717) is 63.4 Å². The van der Waals surface area contributed by atoms with Gasteiger partial charge in [-0.15, -0.1) is 0 Å². The lowest BCUT2D eigenvalue weighted by Crippen LogP contribution is -2.49. The van der Waals surface area contributed by atoms with Crippen LogP contribution in [0.5, 0.6) is 11.5 Å². The predicted octanol–water partition coefficient (Wildman–Crippen LogP) is 2.48. The number of aromatic nitrogens is 1. The van der Waals surface area contributed by atoms with Crippen molar-refractivity contribution in [3.63, 3.8) is 0 Å². The number of pyridine rings is 1. The molecule has 0 saturated carbocycles. The Labute approximate surface area is 211 Å². The smallest absolute Gasteiger partial charge is 0.328 e. The zero-order chi connectivity index (χ0) is 25.7. The first-order valence-corrected chi connectivity index (χ1v) is 12.6. The van der Waals surface area contributed by atoms with Gasteiger partial charge in [0.1, 0.15) is 23.1 Å². The van der Waals surface area contributed by atoms with E-state index >= 15 is 0 Å². The normalized spacial score (nSPS) is 18.2. The Morgan fingerprint density at radius 1 is 1.03 bits per heavy atom. The highest BCUT2D eigenvalue weighted by Gasteiger charge is 2.36. The largest absolute Gasteiger partial charge is 0.496 e. The fraction of sp³-hybridized carbons (Fsp3) is 0.519. The summed E-state index contributed by atoms with van der Waals surface area (Å²) in [5, 5.41) is 0. The third-order valence-corrected chi connectivity index (χ3v) is 7.02. The van der Waals surface area contributed by atoms with Gasteiger partial charge < -0.3 is 23.7 Å². The van der Waals surface area contributed by atoms with Crippen molar-refractivity contribution in [1.82, 2.24) is 14.4 Å². The van der Waals surface area contributed by atoms with E-state index in [4.69, 9.17) is 14.2 Å². The summed E-state index contributed by atoms with van der Waals surface area (Å²) in [4.78, 5) is 43.2. The molecule has 4 rings (SSSR count). The van der Waals surface area contributed by atoms with Crippen molar-refractivity contribution in [2.45, 2.75) is 51.7 Å². The highest BCUT2D eigenvalue weighted by atomic mass is 16.5. The van der Waals surface area contributed by atoms with Crippen LogP contribution in [0.4, 0.5) is 0 Å². The summed E-state index contributed by atoms with van der Waals surface area (Å²) in [7, 11) is 2.80. The molecule has 1 amide bonds. The van der Waals surface area contributed by atoms with Gasteiger partial charge in [-0.3, -0.25) is 14.5 Å². The minimum absolute atomic E-state index is 0.196. The van der Waals surface area contributed by atoms with Gasteiger partial charge in [-0.2, -0.15) is 0 Å². The lowest BCUT2D eigenvalue weighted by Gasteiger charge is -2.34. The predicted molar refractivity (Wildman–Crippen MR) is 135 cm³/mol. The monoisotopic (exact) mass is 497 g/mol. The third-order valence-electron chi connectivity index (χ3n) is 7.02. The van der Waals surface area contributed by atoms with Gasteiger partial charge in [0.05, 0.1) is 20.8 Å². The molecule has 2 aromatic rings. The number of piperidine rings is 1. The molecule has 0 spiro atoms. The average molecular weight is 498 g/mol. The van der Waals surface area contributed by atoms with Gasteiger partial charge in [-0.1, -0.05) is 18.2 Å². The minimum Gasteiger partial charge on any atom is -0.496 e. The number of ether oxygens (including phenoxy) is 3. The maximum absolute atomic E-state index is 13.9. The van der Waals surface area contributed by atoms with Gasteiger partial charge in [-0.05, 0) is 32.3 Å². The maximum Gasteiger partial charge on any atom is 0.328 e. The molecular weight excluding hydrogens is 462 g/mol. The van der Waals surface area contributed by atoms with Crippen LogP contribution < -0.4 is 15.0 Å². The van der Waals surface area contributed by atoms with Crippen LogP contribution in [0.2, 0.25) is 0 Å². The highest BCUT2D eigenvalue weighted by molar-refractivity contribution is 6.00. The van der Waals surface area contributed by atoms with Crippen molar-refractivity contribution < 1.29 is 23.8 Å². The van der Waals surface area contributed by atoms with Crippen LogP contribution in [0.25, 0.3) is 0 Å². The summed E-state index contributed by atoms with van der Waals surface area (Å²) < 4.78 is 18.0. The first kappa shape index (κ1) is 25.8. The molecule has 0 N–H and O–H groups in total. The van der Waals surface area contributed by atoms with Gasteiger partial charge in [0.15, 0.2) is 0 Å². The topological polar surface area (TPSA) is 90.3 Å². The van der Waals surface area contributed by atoms with Crippen LogP contribution in [0.15, 0.2) is 35.1 Å². The summed E-state index contributed by atoms with van der Waals surface area (Å²) >= 11 is 0. The van der Waals surface area contributed by atoms with E-state index in [1.807, 2.05) is 25.1 Å². The molecule has 2 aliphatic rings. The van der Waals surface area contributed by atoms with Gasteiger partial charge in [0.2, 0.25) is 0 Å². The fourth-order valence-corrected chi connectivity index (χ4v) is 5.21. The number of carbonyl (C=O) groups excluding carboxylic acids is 2. The molecule has 3 heterocycles. The maximum atomic E-state index is 13.9. The molecule has 1 saturated heterocycles. The van der Waals surface area contributed by atoms with Crippen molar-refractivity contribution in [3.05, 3.63) is 57.5 Å². The SMILES string of the molecule is CCOc1ccccc1CN1CCc2c(C(=O)N3CCCCC3C(=O)OC)c(OC)cc(=O)n2CC1. The Morgan fingerprint density at radius 2 is 1.83 bits per heavy atom. The molecule has 0 bridgehead atoms. The molecule has 1 unspecified atom stereocenters. The molecule has 9 nitrogen and oxygen atoms in total. The van der Waals surface area contributed by atoms with Crippen molar-refractivity contribution >= 4 is 11.9 Å². The Balaban J connectivity index is 1.65. The number of hydrogen-bond donors (Lipinski definition) is 0. The summed E-state index contributed by atoms with van der Waals surface area (Å²) in [6.45, 7) is 5.46. The second kappa shape index (κ2) is 11.6. The molecule has 0 radical (unpaired) electrons. The second-order valence-corrected chi connectivity index (χ2v) is 9.12. The number of rotatable bonds is 7. The van der Waals surface area contributed by atoms with E-state index in [1.54, 1.807) is 9.47 Å². The summed E-state index contributed by atoms with van der Waals surface area (Å²) in [6.07, 6.45) is 2.72. The summed E-state index contributed by atoms with van der Waals surface area (Å²) in [5.74, 6) is 0.400. The van der Waals surface area contributed by atoms with Crippen LogP contribution in [0.3, 0.4) is 0 Å². The molecule has 2 aliphatic heterocycles. The lowest BCUT2D eigenvalue weighted by atomic mass is 9.99. The van der Waals surface area contributed by atoms with Crippen molar-refractivity contribution in [2.24, 2.45) is 0 Å². The van der Waals surface area contributed by atoms with Crippen LogP contribution in [-0.4, -0.2) is 72.7 Å². The number of benzene rings is 1. The molecule has 36 heavy (non-hydrogen) atoms. The molecule has 1 aromatic heterocycles. The van der Waals surface area contributed by atoms with Crippen LogP contribution in [-0.2, 0) is 29.0 Å². The van der Waals surface area contributed by atoms with E-state index in [0.717, 1.165) is 24.2 Å². The number of carbonyl (C=O) groups is 2. The van der Waals surface area contributed by atoms with Crippen molar-refractivity contribution in [1.29, 1.82) is 0 Å². The number of fused-ring (bicyclic) bond motifs is 1. The third kappa shape index (κ3) is 5.26. The van der Waals surface area contributed by atoms with Gasteiger partial charge in [0, 0.05) is 56.5 Å². The van der Waals surface area contributed by atoms with Gasteiger partial charge in [-0.25, -0.2) is 4.79 Å². The molecule has 1 fully saturated rings. The fourth-order valence-electron chi connectivity index (χ4n) is 5.21. The number of methoxy groups -OCH3 is 2. The zero-order valence-electron chi connectivity index (χ0n) is 21.3. The minimum atomic E-state index is -0.633. The number of esters is 1. The number of hydrogen-bond acceptors (Lipinski definition) is 7. The highest BCUT2D eigenvalue weighted by Crippen LogP contribution is 2.29. The first-order chi connectivity index (χ1) is 17.5. The van der Waals surface area contributed by atoms with E-state index in [1.165, 1.54) is 20.3 Å². The van der Waals surface area contributed by atoms with Crippen LogP contribution >= 0.6 is 0 Å². The van der Waals surface area contributed by atoms with Crippen molar-refractivity contribution in [2.75, 3.05) is 40.5 Å². The van der Waals surface area contributed by atoms with E-state index < -0.39 is 12.0 Å². The Kier molecular flexibility index (Phi) is 8.30. The first-order valence-electron chi connectivity index (χ1n) is 12.6. The molecule has 1 aromatic carbocycles. The van der Waals surface area contributed by atoms with E-state index in [2.05, 4.69) is 11.0 Å². The summed E-state index contributed by atoms with van der Waals surface area (Å²) in [6, 6.07) is 8.72. The quantitative estimate of drug-likeness (QED) is 0.543. The molecule has 0 aliphatic carbocycles. The Hall–Kier alpha value is -3.33.